The number of aliphatic hydroxyl groups is 1. The van der Waals surface area contributed by atoms with E-state index in [9.17, 15) is 23.1 Å². The number of esters is 1. The molecule has 0 spiro atoms. The molecule has 3 heterocycles. The second kappa shape index (κ2) is 9.40. The molecule has 1 fully saturated rings. The lowest BCUT2D eigenvalue weighted by Crippen LogP contribution is -2.45. The maximum absolute atomic E-state index is 13.0. The van der Waals surface area contributed by atoms with E-state index in [1.807, 2.05) is 13.8 Å². The van der Waals surface area contributed by atoms with Gasteiger partial charge in [-0.15, -0.1) is 11.3 Å². The molecule has 0 aromatic carbocycles. The Morgan fingerprint density at radius 2 is 1.97 bits per heavy atom. The zero-order valence-electron chi connectivity index (χ0n) is 20.2. The molecule has 2 N–H and O–H groups in total. The number of aromatic nitrogens is 4. The molecule has 0 unspecified atom stereocenters. The number of aryl methyl sites for hydroxylation is 1. The van der Waals surface area contributed by atoms with E-state index in [0.717, 1.165) is 18.3 Å². The van der Waals surface area contributed by atoms with Crippen LogP contribution < -0.4 is 5.32 Å². The Labute approximate surface area is 210 Å². The minimum Gasteiger partial charge on any atom is -0.469 e. The maximum Gasteiger partial charge on any atom is 0.416 e. The molecule has 2 atom stereocenters. The third-order valence-electron chi connectivity index (χ3n) is 6.35. The molecule has 4 rings (SSSR count). The molecule has 1 aliphatic carbocycles. The Kier molecular flexibility index (Phi) is 6.78. The van der Waals surface area contributed by atoms with Gasteiger partial charge in [-0.25, -0.2) is 19.9 Å². The first-order valence-corrected chi connectivity index (χ1v) is 12.1. The number of nitrogens with zero attached hydrogens (tertiary/aromatic N) is 4. The van der Waals surface area contributed by atoms with Gasteiger partial charge in [0.05, 0.1) is 23.5 Å². The van der Waals surface area contributed by atoms with Crippen LogP contribution in [-0.2, 0) is 21.3 Å². The van der Waals surface area contributed by atoms with Crippen LogP contribution in [0, 0.1) is 18.3 Å². The van der Waals surface area contributed by atoms with Crippen molar-refractivity contribution in [3.05, 3.63) is 46.9 Å². The molecule has 3 aromatic heterocycles. The number of methoxy groups -OCH3 is 1. The van der Waals surface area contributed by atoms with Crippen LogP contribution in [0.2, 0.25) is 0 Å². The fourth-order valence-electron chi connectivity index (χ4n) is 4.64. The van der Waals surface area contributed by atoms with Gasteiger partial charge in [0, 0.05) is 24.2 Å². The van der Waals surface area contributed by atoms with Gasteiger partial charge in [0.15, 0.2) is 5.82 Å². The number of ether oxygens (including phenoxy) is 1. The van der Waals surface area contributed by atoms with E-state index in [-0.39, 0.29) is 23.5 Å². The van der Waals surface area contributed by atoms with Crippen LogP contribution in [0.15, 0.2) is 30.6 Å². The number of pyridine rings is 1. The van der Waals surface area contributed by atoms with Gasteiger partial charge in [-0.05, 0) is 43.7 Å². The smallest absolute Gasteiger partial charge is 0.416 e. The van der Waals surface area contributed by atoms with Crippen molar-refractivity contribution in [2.75, 3.05) is 12.4 Å². The van der Waals surface area contributed by atoms with Crippen molar-refractivity contribution < 1.29 is 27.8 Å². The summed E-state index contributed by atoms with van der Waals surface area (Å²) < 4.78 is 44.1. The predicted molar refractivity (Wildman–Crippen MR) is 127 cm³/mol. The fourth-order valence-corrected chi connectivity index (χ4v) is 5.61. The Morgan fingerprint density at radius 3 is 2.64 bits per heavy atom. The summed E-state index contributed by atoms with van der Waals surface area (Å²) in [7, 11) is 1.36. The average Bonchev–Trinajstić information content (AvgIpc) is 3.29. The number of carbonyl (C=O) groups is 1. The highest BCUT2D eigenvalue weighted by atomic mass is 32.1. The zero-order valence-corrected chi connectivity index (χ0v) is 21.0. The maximum atomic E-state index is 13.0. The standard InChI is InChI=1S/C24H26F3N5O3S/c1-13-9-18(31-17-10-14(6-8-28-17)24(25,26)27)32-19(30-13)16-11-29-21(36-16)23(34)7-5-15(20(33)35-4)22(2,3)12-23/h6,8-11,15,34H,5,7,12H2,1-4H3,(H,28,30,31,32)/t15-,23-/m1/s1. The number of alkyl halides is 3. The molecule has 8 nitrogen and oxygen atoms in total. The molecular formula is C24H26F3N5O3S. The Bertz CT molecular complexity index is 1280. The number of rotatable bonds is 5. The largest absolute Gasteiger partial charge is 0.469 e. The van der Waals surface area contributed by atoms with Gasteiger partial charge in [0.1, 0.15) is 22.2 Å². The summed E-state index contributed by atoms with van der Waals surface area (Å²) in [6, 6.07) is 3.40. The van der Waals surface area contributed by atoms with E-state index >= 15 is 0 Å². The minimum atomic E-state index is -4.49. The number of hydrogen-bond acceptors (Lipinski definition) is 9. The van der Waals surface area contributed by atoms with Gasteiger partial charge in [0.25, 0.3) is 0 Å². The van der Waals surface area contributed by atoms with Crippen LogP contribution in [0.3, 0.4) is 0 Å². The van der Waals surface area contributed by atoms with Crippen LogP contribution >= 0.6 is 11.3 Å². The van der Waals surface area contributed by atoms with E-state index in [0.29, 0.717) is 40.7 Å². The third kappa shape index (κ3) is 5.34. The topological polar surface area (TPSA) is 110 Å². The molecule has 0 radical (unpaired) electrons. The van der Waals surface area contributed by atoms with Crippen LogP contribution in [0.4, 0.5) is 24.8 Å². The Hall–Kier alpha value is -3.12. The van der Waals surface area contributed by atoms with Gasteiger partial charge < -0.3 is 15.2 Å². The summed E-state index contributed by atoms with van der Waals surface area (Å²) in [5, 5.41) is 14.7. The van der Waals surface area contributed by atoms with Crippen molar-refractivity contribution in [3.8, 4) is 10.7 Å². The number of anilines is 2. The van der Waals surface area contributed by atoms with Crippen LogP contribution in [-0.4, -0.2) is 38.1 Å². The molecular weight excluding hydrogens is 495 g/mol. The summed E-state index contributed by atoms with van der Waals surface area (Å²) in [6.45, 7) is 5.59. The summed E-state index contributed by atoms with van der Waals surface area (Å²) in [6.07, 6.45) is -0.702. The SMILES string of the molecule is COC(=O)[C@H]1CC[C@](O)(c2ncc(-c3nc(C)cc(Nc4cc(C(F)(F)F)ccn4)n3)s2)CC1(C)C. The van der Waals surface area contributed by atoms with Gasteiger partial charge in [-0.1, -0.05) is 13.8 Å². The van der Waals surface area contributed by atoms with Crippen molar-refractivity contribution in [2.24, 2.45) is 11.3 Å². The zero-order chi connectivity index (χ0) is 26.3. The molecule has 0 saturated heterocycles. The number of carbonyl (C=O) groups excluding carboxylic acids is 1. The van der Waals surface area contributed by atoms with Crippen molar-refractivity contribution in [1.29, 1.82) is 0 Å². The second-order valence-corrected chi connectivity index (χ2v) is 10.6. The third-order valence-corrected chi connectivity index (χ3v) is 7.53. The molecule has 1 saturated carbocycles. The molecule has 0 bridgehead atoms. The highest BCUT2D eigenvalue weighted by Crippen LogP contribution is 2.51. The molecule has 192 valence electrons. The normalized spacial score (nSPS) is 21.7. The Balaban J connectivity index is 1.58. The minimum absolute atomic E-state index is 0.00206. The number of thiazole rings is 1. The summed E-state index contributed by atoms with van der Waals surface area (Å²) >= 11 is 1.24. The first-order valence-electron chi connectivity index (χ1n) is 11.2. The first kappa shape index (κ1) is 26.0. The van der Waals surface area contributed by atoms with Gasteiger partial charge >= 0.3 is 12.1 Å². The Morgan fingerprint density at radius 1 is 1.22 bits per heavy atom. The highest BCUT2D eigenvalue weighted by Gasteiger charge is 2.49. The molecule has 36 heavy (non-hydrogen) atoms. The molecule has 0 aliphatic heterocycles. The van der Waals surface area contributed by atoms with Crippen molar-refractivity contribution >= 4 is 28.9 Å². The van der Waals surface area contributed by atoms with Crippen LogP contribution in [0.1, 0.15) is 49.4 Å². The molecule has 3 aromatic rings. The highest BCUT2D eigenvalue weighted by molar-refractivity contribution is 7.15. The molecule has 12 heteroatoms. The van der Waals surface area contributed by atoms with Crippen molar-refractivity contribution in [2.45, 2.75) is 51.8 Å². The molecule has 0 amide bonds. The van der Waals surface area contributed by atoms with Crippen molar-refractivity contribution in [1.82, 2.24) is 19.9 Å². The van der Waals surface area contributed by atoms with Gasteiger partial charge in [-0.3, -0.25) is 4.79 Å². The average molecular weight is 522 g/mol. The van der Waals surface area contributed by atoms with E-state index in [2.05, 4.69) is 25.3 Å². The van der Waals surface area contributed by atoms with Crippen molar-refractivity contribution in [3.63, 3.8) is 0 Å². The van der Waals surface area contributed by atoms with Crippen LogP contribution in [0.5, 0.6) is 0 Å². The lowest BCUT2D eigenvalue weighted by molar-refractivity contribution is -0.157. The van der Waals surface area contributed by atoms with Gasteiger partial charge in [0.2, 0.25) is 0 Å². The second-order valence-electron chi connectivity index (χ2n) is 9.61. The van der Waals surface area contributed by atoms with E-state index < -0.39 is 22.8 Å². The van der Waals surface area contributed by atoms with Gasteiger partial charge in [-0.2, -0.15) is 13.2 Å². The summed E-state index contributed by atoms with van der Waals surface area (Å²) in [5.41, 5.74) is -1.95. The lowest BCUT2D eigenvalue weighted by atomic mass is 9.63. The number of hydrogen-bond donors (Lipinski definition) is 2. The van der Waals surface area contributed by atoms with E-state index in [1.165, 1.54) is 18.4 Å². The quantitative estimate of drug-likeness (QED) is 0.438. The fraction of sp³-hybridized carbons (Fsp3) is 0.458. The first-order chi connectivity index (χ1) is 16.8. The number of nitrogens with one attached hydrogen (secondary N) is 1. The summed E-state index contributed by atoms with van der Waals surface area (Å²) in [5.74, 6) is -0.0134. The predicted octanol–water partition coefficient (Wildman–Crippen LogP) is 5.25. The lowest BCUT2D eigenvalue weighted by Gasteiger charge is -2.44. The number of halogens is 3. The van der Waals surface area contributed by atoms with Crippen LogP contribution in [0.25, 0.3) is 10.7 Å². The monoisotopic (exact) mass is 521 g/mol. The summed E-state index contributed by atoms with van der Waals surface area (Å²) in [4.78, 5) is 30.0. The van der Waals surface area contributed by atoms with E-state index in [4.69, 9.17) is 4.74 Å². The molecule has 1 aliphatic rings. The van der Waals surface area contributed by atoms with E-state index in [1.54, 1.807) is 19.2 Å².